The first kappa shape index (κ1) is 16.0. The van der Waals surface area contributed by atoms with Crippen LogP contribution in [0.3, 0.4) is 0 Å². The highest BCUT2D eigenvalue weighted by molar-refractivity contribution is 7.80. The van der Waals surface area contributed by atoms with Gasteiger partial charge in [-0.2, -0.15) is 0 Å². The van der Waals surface area contributed by atoms with Gasteiger partial charge in [-0.3, -0.25) is 4.21 Å². The molecule has 2 rings (SSSR count). The Labute approximate surface area is 131 Å². The highest BCUT2D eigenvalue weighted by Gasteiger charge is 2.04. The molecule has 1 atom stereocenters. The second-order valence-corrected chi connectivity index (χ2v) is 5.54. The first-order valence-electron chi connectivity index (χ1n) is 6.54. The fourth-order valence-electron chi connectivity index (χ4n) is 2.06. The molecule has 0 saturated heterocycles. The summed E-state index contributed by atoms with van der Waals surface area (Å²) >= 11 is -2.36. The molecule has 0 heterocycles. The van der Waals surface area contributed by atoms with Gasteiger partial charge in [-0.1, -0.05) is 6.07 Å². The topological polar surface area (TPSA) is 93.3 Å². The SMILES string of the molecule is Cc1cc(C)cc(NC(=O)Nc2ccc(NS(=O)[O-])cc2)c1. The lowest BCUT2D eigenvalue weighted by Crippen LogP contribution is -2.19. The summed E-state index contributed by atoms with van der Waals surface area (Å²) in [7, 11) is 0. The summed E-state index contributed by atoms with van der Waals surface area (Å²) in [6.45, 7) is 3.92. The average molecular weight is 318 g/mol. The van der Waals surface area contributed by atoms with Crippen molar-refractivity contribution in [3.63, 3.8) is 0 Å². The molecule has 0 radical (unpaired) electrons. The Morgan fingerprint density at radius 3 is 1.95 bits per heavy atom. The summed E-state index contributed by atoms with van der Waals surface area (Å²) in [5.74, 6) is 0. The number of hydrogen-bond acceptors (Lipinski definition) is 3. The molecule has 2 amide bonds. The number of carbonyl (C=O) groups excluding carboxylic acids is 1. The van der Waals surface area contributed by atoms with Gasteiger partial charge in [0.15, 0.2) is 0 Å². The van der Waals surface area contributed by atoms with E-state index < -0.39 is 11.3 Å². The maximum atomic E-state index is 11.9. The fraction of sp³-hybridized carbons (Fsp3) is 0.133. The Bertz CT molecular complexity index is 681. The van der Waals surface area contributed by atoms with Crippen molar-refractivity contribution in [1.82, 2.24) is 0 Å². The third-order valence-corrected chi connectivity index (χ3v) is 3.23. The Balaban J connectivity index is 1.98. The summed E-state index contributed by atoms with van der Waals surface area (Å²) < 4.78 is 23.2. The number of amides is 2. The van der Waals surface area contributed by atoms with Crippen LogP contribution in [0.4, 0.5) is 21.9 Å². The summed E-state index contributed by atoms with van der Waals surface area (Å²) in [6, 6.07) is 11.7. The summed E-state index contributed by atoms with van der Waals surface area (Å²) in [5.41, 5.74) is 3.83. The normalized spacial score (nSPS) is 11.6. The minimum atomic E-state index is -2.36. The molecule has 7 heteroatoms. The van der Waals surface area contributed by atoms with E-state index in [2.05, 4.69) is 15.4 Å². The van der Waals surface area contributed by atoms with Crippen molar-refractivity contribution in [3.05, 3.63) is 53.6 Å². The first-order chi connectivity index (χ1) is 10.4. The van der Waals surface area contributed by atoms with E-state index >= 15 is 0 Å². The number of benzene rings is 2. The molecule has 116 valence electrons. The Morgan fingerprint density at radius 1 is 0.909 bits per heavy atom. The molecule has 0 fully saturated rings. The number of hydrogen-bond donors (Lipinski definition) is 3. The molecule has 0 aliphatic heterocycles. The highest BCUT2D eigenvalue weighted by atomic mass is 32.2. The Hall–Kier alpha value is -2.38. The van der Waals surface area contributed by atoms with Crippen molar-refractivity contribution in [1.29, 1.82) is 0 Å². The van der Waals surface area contributed by atoms with Crippen LogP contribution in [0.25, 0.3) is 0 Å². The van der Waals surface area contributed by atoms with Crippen LogP contribution in [0, 0.1) is 13.8 Å². The minimum Gasteiger partial charge on any atom is -0.755 e. The maximum Gasteiger partial charge on any atom is 0.323 e. The van der Waals surface area contributed by atoms with E-state index in [1.54, 1.807) is 24.3 Å². The smallest absolute Gasteiger partial charge is 0.323 e. The molecule has 0 aromatic heterocycles. The van der Waals surface area contributed by atoms with Gasteiger partial charge in [0.1, 0.15) is 0 Å². The van der Waals surface area contributed by atoms with Crippen LogP contribution in [0.2, 0.25) is 0 Å². The van der Waals surface area contributed by atoms with Crippen molar-refractivity contribution in [2.24, 2.45) is 0 Å². The monoisotopic (exact) mass is 318 g/mol. The second-order valence-electron chi connectivity index (χ2n) is 4.87. The molecule has 0 saturated carbocycles. The zero-order valence-electron chi connectivity index (χ0n) is 12.2. The summed E-state index contributed by atoms with van der Waals surface area (Å²) in [6.07, 6.45) is 0. The van der Waals surface area contributed by atoms with Crippen LogP contribution < -0.4 is 15.4 Å². The van der Waals surface area contributed by atoms with Gasteiger partial charge in [0, 0.05) is 28.3 Å². The van der Waals surface area contributed by atoms with E-state index in [-0.39, 0.29) is 6.03 Å². The van der Waals surface area contributed by atoms with Crippen LogP contribution >= 0.6 is 0 Å². The molecule has 0 aliphatic rings. The quantitative estimate of drug-likeness (QED) is 0.756. The van der Waals surface area contributed by atoms with Gasteiger partial charge in [-0.25, -0.2) is 4.79 Å². The fourth-order valence-corrected chi connectivity index (χ4v) is 2.39. The van der Waals surface area contributed by atoms with Crippen LogP contribution in [0.5, 0.6) is 0 Å². The number of nitrogens with one attached hydrogen (secondary N) is 3. The van der Waals surface area contributed by atoms with Gasteiger partial charge >= 0.3 is 6.03 Å². The number of anilines is 3. The summed E-state index contributed by atoms with van der Waals surface area (Å²) in [5, 5.41) is 5.43. The molecule has 3 N–H and O–H groups in total. The second kappa shape index (κ2) is 7.06. The third kappa shape index (κ3) is 4.87. The Kier molecular flexibility index (Phi) is 5.13. The molecule has 0 spiro atoms. The number of rotatable bonds is 4. The zero-order chi connectivity index (χ0) is 16.1. The standard InChI is InChI=1S/C15H17N3O3S/c1-10-7-11(2)9-14(8-10)17-15(19)16-12-3-5-13(6-4-12)18-22(20)21/h3-9,18H,1-2H3,(H,20,21)(H2,16,17,19)/p-1. The molecule has 0 bridgehead atoms. The van der Waals surface area contributed by atoms with E-state index in [1.807, 2.05) is 32.0 Å². The first-order valence-corrected chi connectivity index (χ1v) is 7.62. The van der Waals surface area contributed by atoms with Gasteiger partial charge in [0.05, 0.1) is 0 Å². The van der Waals surface area contributed by atoms with E-state index in [0.29, 0.717) is 11.4 Å². The lowest BCUT2D eigenvalue weighted by Gasteiger charge is -2.11. The predicted octanol–water partition coefficient (Wildman–Crippen LogP) is 3.15. The van der Waals surface area contributed by atoms with Crippen molar-refractivity contribution >= 4 is 34.4 Å². The summed E-state index contributed by atoms with van der Waals surface area (Å²) in [4.78, 5) is 11.9. The number of aryl methyl sites for hydroxylation is 2. The third-order valence-electron chi connectivity index (χ3n) is 2.82. The van der Waals surface area contributed by atoms with Crippen molar-refractivity contribution in [2.75, 3.05) is 15.4 Å². The van der Waals surface area contributed by atoms with E-state index in [4.69, 9.17) is 0 Å². The van der Waals surface area contributed by atoms with Crippen molar-refractivity contribution < 1.29 is 13.6 Å². The zero-order valence-corrected chi connectivity index (χ0v) is 13.0. The van der Waals surface area contributed by atoms with Gasteiger partial charge in [-0.15, -0.1) is 0 Å². The van der Waals surface area contributed by atoms with Crippen LogP contribution in [-0.4, -0.2) is 14.8 Å². The van der Waals surface area contributed by atoms with E-state index in [0.717, 1.165) is 16.8 Å². The average Bonchev–Trinajstić information content (AvgIpc) is 2.39. The molecule has 2 aromatic carbocycles. The maximum absolute atomic E-state index is 11.9. The molecular weight excluding hydrogens is 302 g/mol. The molecule has 2 aromatic rings. The van der Waals surface area contributed by atoms with Crippen molar-refractivity contribution in [2.45, 2.75) is 13.8 Å². The van der Waals surface area contributed by atoms with Gasteiger partial charge < -0.3 is 19.9 Å². The van der Waals surface area contributed by atoms with Gasteiger partial charge in [0.25, 0.3) is 0 Å². The highest BCUT2D eigenvalue weighted by Crippen LogP contribution is 2.16. The van der Waals surface area contributed by atoms with Crippen LogP contribution in [0.15, 0.2) is 42.5 Å². The van der Waals surface area contributed by atoms with Crippen LogP contribution in [-0.2, 0) is 11.3 Å². The largest absolute Gasteiger partial charge is 0.755 e. The minimum absolute atomic E-state index is 0.363. The lowest BCUT2D eigenvalue weighted by atomic mass is 10.1. The molecule has 1 unspecified atom stereocenters. The molecule has 0 aliphatic carbocycles. The molecule has 6 nitrogen and oxygen atoms in total. The van der Waals surface area contributed by atoms with Gasteiger partial charge in [-0.05, 0) is 61.4 Å². The lowest BCUT2D eigenvalue weighted by molar-refractivity contribution is 0.262. The number of urea groups is 1. The molecule has 22 heavy (non-hydrogen) atoms. The number of carbonyl (C=O) groups is 1. The Morgan fingerprint density at radius 2 is 1.41 bits per heavy atom. The van der Waals surface area contributed by atoms with Gasteiger partial charge in [0.2, 0.25) is 0 Å². The predicted molar refractivity (Wildman–Crippen MR) is 87.5 cm³/mol. The van der Waals surface area contributed by atoms with Crippen molar-refractivity contribution in [3.8, 4) is 0 Å². The van der Waals surface area contributed by atoms with Crippen LogP contribution in [0.1, 0.15) is 11.1 Å². The van der Waals surface area contributed by atoms with E-state index in [1.165, 1.54) is 0 Å². The van der Waals surface area contributed by atoms with E-state index in [9.17, 15) is 13.6 Å². The molecular formula is C15H16N3O3S-.